The Morgan fingerprint density at radius 3 is 2.17 bits per heavy atom. The summed E-state index contributed by atoms with van der Waals surface area (Å²) >= 11 is 0. The molecule has 0 saturated carbocycles. The number of rotatable bonds is 10. The standard InChI is InChI=1S/C23H33N3O4/c1-15(2)10-19(21(27)28)25-20(22(29)30)11-18-12-24-14-26(18)13-16-6-8-17(9-7-16)23(3,4)5/h6-9,12,14-15,19-20,25H,10-11,13H2,1-5H3,(H,27,28)(H,29,30)/t19-,20-/m0/s1. The van der Waals surface area contributed by atoms with E-state index in [0.717, 1.165) is 11.3 Å². The molecule has 2 rings (SSSR count). The summed E-state index contributed by atoms with van der Waals surface area (Å²) in [5.41, 5.74) is 3.15. The van der Waals surface area contributed by atoms with E-state index in [0.29, 0.717) is 13.0 Å². The summed E-state index contributed by atoms with van der Waals surface area (Å²) in [5.74, 6) is -1.98. The Morgan fingerprint density at radius 1 is 1.07 bits per heavy atom. The highest BCUT2D eigenvalue weighted by Gasteiger charge is 2.27. The summed E-state index contributed by atoms with van der Waals surface area (Å²) in [6, 6.07) is 6.44. The van der Waals surface area contributed by atoms with Crippen molar-refractivity contribution < 1.29 is 19.8 Å². The number of hydrogen-bond acceptors (Lipinski definition) is 4. The average molecular weight is 416 g/mol. The minimum atomic E-state index is -1.08. The van der Waals surface area contributed by atoms with Gasteiger partial charge in [0.2, 0.25) is 0 Å². The number of hydrogen-bond donors (Lipinski definition) is 3. The molecule has 30 heavy (non-hydrogen) atoms. The highest BCUT2D eigenvalue weighted by atomic mass is 16.4. The third-order valence-electron chi connectivity index (χ3n) is 5.09. The lowest BCUT2D eigenvalue weighted by molar-refractivity contribution is -0.142. The van der Waals surface area contributed by atoms with Gasteiger partial charge in [0.25, 0.3) is 0 Å². The minimum Gasteiger partial charge on any atom is -0.480 e. The number of aromatic nitrogens is 2. The minimum absolute atomic E-state index is 0.0791. The Morgan fingerprint density at radius 2 is 1.67 bits per heavy atom. The fraction of sp³-hybridized carbons (Fsp3) is 0.522. The second-order valence-electron chi connectivity index (χ2n) is 9.24. The summed E-state index contributed by atoms with van der Waals surface area (Å²) in [6.07, 6.45) is 3.82. The van der Waals surface area contributed by atoms with Crippen molar-refractivity contribution in [2.45, 2.75) is 71.5 Å². The van der Waals surface area contributed by atoms with Gasteiger partial charge in [-0.2, -0.15) is 0 Å². The van der Waals surface area contributed by atoms with Crippen LogP contribution in [0.5, 0.6) is 0 Å². The monoisotopic (exact) mass is 415 g/mol. The topological polar surface area (TPSA) is 104 Å². The van der Waals surface area contributed by atoms with Gasteiger partial charge in [0.05, 0.1) is 6.33 Å². The van der Waals surface area contributed by atoms with Gasteiger partial charge in [0, 0.05) is 24.9 Å². The molecule has 1 aromatic heterocycles. The quantitative estimate of drug-likeness (QED) is 0.550. The van der Waals surface area contributed by atoms with Crippen LogP contribution in [0.1, 0.15) is 57.9 Å². The lowest BCUT2D eigenvalue weighted by Crippen LogP contribution is -2.49. The third-order valence-corrected chi connectivity index (χ3v) is 5.09. The largest absolute Gasteiger partial charge is 0.480 e. The Kier molecular flexibility index (Phi) is 7.78. The summed E-state index contributed by atoms with van der Waals surface area (Å²) in [7, 11) is 0. The Labute approximate surface area is 178 Å². The number of benzene rings is 1. The van der Waals surface area contributed by atoms with E-state index in [1.807, 2.05) is 18.4 Å². The van der Waals surface area contributed by atoms with Gasteiger partial charge in [0.1, 0.15) is 12.1 Å². The van der Waals surface area contributed by atoms with Crippen molar-refractivity contribution in [3.63, 3.8) is 0 Å². The predicted molar refractivity (Wildman–Crippen MR) is 116 cm³/mol. The third kappa shape index (κ3) is 6.69. The first-order valence-corrected chi connectivity index (χ1v) is 10.3. The highest BCUT2D eigenvalue weighted by Crippen LogP contribution is 2.22. The molecule has 2 aromatic rings. The van der Waals surface area contributed by atoms with Crippen LogP contribution in [0.2, 0.25) is 0 Å². The van der Waals surface area contributed by atoms with Crippen molar-refractivity contribution in [3.05, 3.63) is 53.6 Å². The molecule has 0 radical (unpaired) electrons. The molecular weight excluding hydrogens is 382 g/mol. The molecule has 1 aromatic carbocycles. The number of nitrogens with zero attached hydrogens (tertiary/aromatic N) is 2. The summed E-state index contributed by atoms with van der Waals surface area (Å²) < 4.78 is 1.90. The molecule has 0 spiro atoms. The SMILES string of the molecule is CC(C)C[C@H](N[C@@H](Cc1cncn1Cc1ccc(C(C)(C)C)cc1)C(=O)O)C(=O)O. The maximum Gasteiger partial charge on any atom is 0.321 e. The molecule has 164 valence electrons. The van der Waals surface area contributed by atoms with E-state index in [4.69, 9.17) is 0 Å². The van der Waals surface area contributed by atoms with Gasteiger partial charge in [-0.3, -0.25) is 14.9 Å². The molecule has 0 amide bonds. The van der Waals surface area contributed by atoms with Crippen LogP contribution < -0.4 is 5.32 Å². The molecule has 0 bridgehead atoms. The lowest BCUT2D eigenvalue weighted by Gasteiger charge is -2.22. The number of carboxylic acid groups (broad SMARTS) is 2. The lowest BCUT2D eigenvalue weighted by atomic mass is 9.87. The summed E-state index contributed by atoms with van der Waals surface area (Å²) in [6.45, 7) is 10.9. The molecule has 7 heteroatoms. The van der Waals surface area contributed by atoms with Gasteiger partial charge in [-0.25, -0.2) is 4.98 Å². The average Bonchev–Trinajstić information content (AvgIpc) is 3.06. The maximum atomic E-state index is 11.8. The van der Waals surface area contributed by atoms with E-state index in [9.17, 15) is 19.8 Å². The number of imidazole rings is 1. The predicted octanol–water partition coefficient (Wildman–Crippen LogP) is 3.31. The smallest absolute Gasteiger partial charge is 0.321 e. The van der Waals surface area contributed by atoms with Crippen LogP contribution in [0.25, 0.3) is 0 Å². The molecule has 0 aliphatic heterocycles. The van der Waals surface area contributed by atoms with Crippen molar-refractivity contribution >= 4 is 11.9 Å². The molecule has 0 aliphatic rings. The van der Waals surface area contributed by atoms with Crippen molar-refractivity contribution in [3.8, 4) is 0 Å². The van der Waals surface area contributed by atoms with Crippen LogP contribution >= 0.6 is 0 Å². The Balaban J connectivity index is 2.14. The molecule has 3 N–H and O–H groups in total. The van der Waals surface area contributed by atoms with Crippen LogP contribution in [0, 0.1) is 5.92 Å². The van der Waals surface area contributed by atoms with Gasteiger partial charge in [-0.05, 0) is 28.9 Å². The number of aliphatic carboxylic acids is 2. The molecule has 0 aliphatic carbocycles. The number of carbonyl (C=O) groups is 2. The zero-order chi connectivity index (χ0) is 22.5. The van der Waals surface area contributed by atoms with Crippen molar-refractivity contribution in [2.75, 3.05) is 0 Å². The molecule has 1 heterocycles. The molecule has 0 fully saturated rings. The Hall–Kier alpha value is -2.67. The fourth-order valence-corrected chi connectivity index (χ4v) is 3.35. The van der Waals surface area contributed by atoms with Gasteiger partial charge in [0.15, 0.2) is 0 Å². The molecule has 2 atom stereocenters. The van der Waals surface area contributed by atoms with Crippen molar-refractivity contribution in [1.29, 1.82) is 0 Å². The van der Waals surface area contributed by atoms with Crippen molar-refractivity contribution in [1.82, 2.24) is 14.9 Å². The zero-order valence-corrected chi connectivity index (χ0v) is 18.4. The number of carboxylic acids is 2. The molecular formula is C23H33N3O4. The maximum absolute atomic E-state index is 11.8. The molecule has 7 nitrogen and oxygen atoms in total. The van der Waals surface area contributed by atoms with E-state index in [1.165, 1.54) is 5.56 Å². The summed E-state index contributed by atoms with van der Waals surface area (Å²) in [4.78, 5) is 27.5. The molecule has 0 unspecified atom stereocenters. The van der Waals surface area contributed by atoms with E-state index >= 15 is 0 Å². The normalized spacial score (nSPS) is 13.9. The van der Waals surface area contributed by atoms with Gasteiger partial charge < -0.3 is 14.8 Å². The highest BCUT2D eigenvalue weighted by molar-refractivity contribution is 5.77. The van der Waals surface area contributed by atoms with Gasteiger partial charge >= 0.3 is 11.9 Å². The van der Waals surface area contributed by atoms with E-state index in [-0.39, 0.29) is 17.8 Å². The van der Waals surface area contributed by atoms with Crippen LogP contribution in [-0.2, 0) is 28.0 Å². The Bertz CT molecular complexity index is 850. The summed E-state index contributed by atoms with van der Waals surface area (Å²) in [5, 5.41) is 21.9. The van der Waals surface area contributed by atoms with E-state index < -0.39 is 24.0 Å². The van der Waals surface area contributed by atoms with Gasteiger partial charge in [-0.1, -0.05) is 58.9 Å². The van der Waals surface area contributed by atoms with Crippen LogP contribution in [0.15, 0.2) is 36.8 Å². The van der Waals surface area contributed by atoms with Gasteiger partial charge in [-0.15, -0.1) is 0 Å². The van der Waals surface area contributed by atoms with E-state index in [2.05, 4.69) is 55.3 Å². The first-order chi connectivity index (χ1) is 14.0. The first kappa shape index (κ1) is 23.6. The van der Waals surface area contributed by atoms with E-state index in [1.54, 1.807) is 12.5 Å². The van der Waals surface area contributed by atoms with Crippen molar-refractivity contribution in [2.24, 2.45) is 5.92 Å². The fourth-order valence-electron chi connectivity index (χ4n) is 3.35. The zero-order valence-electron chi connectivity index (χ0n) is 18.4. The molecule has 0 saturated heterocycles. The first-order valence-electron chi connectivity index (χ1n) is 10.3. The van der Waals surface area contributed by atoms with Crippen LogP contribution in [0.4, 0.5) is 0 Å². The second kappa shape index (κ2) is 9.89. The number of nitrogens with one attached hydrogen (secondary N) is 1. The van der Waals surface area contributed by atoms with Crippen LogP contribution in [0.3, 0.4) is 0 Å². The second-order valence-corrected chi connectivity index (χ2v) is 9.24. The van der Waals surface area contributed by atoms with Crippen LogP contribution in [-0.4, -0.2) is 43.8 Å².